The van der Waals surface area contributed by atoms with Crippen LogP contribution in [0.15, 0.2) is 0 Å². The maximum atomic E-state index is 9.22. The van der Waals surface area contributed by atoms with Crippen molar-refractivity contribution in [3.05, 3.63) is 0 Å². The lowest BCUT2D eigenvalue weighted by molar-refractivity contribution is -0.333. The number of rotatable bonds is 10. The molecule has 0 atom stereocenters. The number of hydrogen-bond acceptors (Lipinski definition) is 7. The van der Waals surface area contributed by atoms with Gasteiger partial charge in [-0.25, -0.2) is 9.78 Å². The van der Waals surface area contributed by atoms with E-state index in [0.29, 0.717) is 19.0 Å². The maximum Gasteiger partial charge on any atom is 0.180 e. The summed E-state index contributed by atoms with van der Waals surface area (Å²) >= 11 is 0. The zero-order valence-electron chi connectivity index (χ0n) is 11.7. The summed E-state index contributed by atoms with van der Waals surface area (Å²) in [6.07, 6.45) is 0. The van der Waals surface area contributed by atoms with Crippen molar-refractivity contribution in [2.75, 3.05) is 38.1 Å². The topological polar surface area (TPSA) is 68.2 Å². The van der Waals surface area contributed by atoms with E-state index in [1.54, 1.807) is 35.4 Å². The predicted molar refractivity (Wildman–Crippen MR) is 77.5 cm³/mol. The van der Waals surface area contributed by atoms with E-state index in [0.717, 1.165) is 5.75 Å². The summed E-state index contributed by atoms with van der Waals surface area (Å²) in [4.78, 5) is 9.01. The van der Waals surface area contributed by atoms with Crippen LogP contribution in [0, 0.1) is 0 Å². The lowest BCUT2D eigenvalue weighted by Crippen LogP contribution is -2.21. The molecule has 0 bridgehead atoms. The van der Waals surface area contributed by atoms with Gasteiger partial charge in [0.05, 0.1) is 18.8 Å². The fraction of sp³-hybridized carbons (Fsp3) is 1.00. The van der Waals surface area contributed by atoms with Gasteiger partial charge in [0.25, 0.3) is 0 Å². The molecule has 5 nitrogen and oxygen atoms in total. The fourth-order valence-corrected chi connectivity index (χ4v) is 2.77. The average Bonchev–Trinajstić information content (AvgIpc) is 2.30. The molecule has 0 aromatic rings. The first-order chi connectivity index (χ1) is 8.47. The minimum atomic E-state index is -0.590. The Kier molecular flexibility index (Phi) is 18.0. The van der Waals surface area contributed by atoms with Gasteiger partial charge in [-0.15, -0.1) is 0 Å². The molecule has 18 heavy (non-hydrogen) atoms. The summed E-state index contributed by atoms with van der Waals surface area (Å²) in [5.41, 5.74) is -0.590. The second kappa shape index (κ2) is 15.6. The third kappa shape index (κ3) is 25.4. The summed E-state index contributed by atoms with van der Waals surface area (Å²) in [6, 6.07) is 0. The van der Waals surface area contributed by atoms with Crippen molar-refractivity contribution >= 4 is 21.6 Å². The lowest BCUT2D eigenvalue weighted by Gasteiger charge is -2.14. The molecule has 0 saturated carbocycles. The Morgan fingerprint density at radius 3 is 2.17 bits per heavy atom. The van der Waals surface area contributed by atoms with Gasteiger partial charge in [-0.2, -0.15) is 0 Å². The molecular weight excluding hydrogens is 276 g/mol. The van der Waals surface area contributed by atoms with Crippen LogP contribution in [0.2, 0.25) is 0 Å². The molecule has 0 aliphatic heterocycles. The highest BCUT2D eigenvalue weighted by molar-refractivity contribution is 8.76. The summed E-state index contributed by atoms with van der Waals surface area (Å²) in [5.74, 6) is 1.44. The average molecular weight is 302 g/mol. The first-order valence-corrected chi connectivity index (χ1v) is 8.36. The van der Waals surface area contributed by atoms with Gasteiger partial charge in [0.1, 0.15) is 0 Å². The minimum absolute atomic E-state index is 0.212. The van der Waals surface area contributed by atoms with Gasteiger partial charge in [0.2, 0.25) is 0 Å². The van der Waals surface area contributed by atoms with Crippen molar-refractivity contribution < 1.29 is 24.7 Å². The van der Waals surface area contributed by atoms with Crippen LogP contribution in [0.3, 0.4) is 0 Å². The molecular formula is C11H26O5S2. The van der Waals surface area contributed by atoms with E-state index in [9.17, 15) is 5.11 Å². The van der Waals surface area contributed by atoms with Crippen LogP contribution in [0.4, 0.5) is 0 Å². The van der Waals surface area contributed by atoms with E-state index in [-0.39, 0.29) is 13.4 Å². The highest BCUT2D eigenvalue weighted by Gasteiger charge is 2.11. The lowest BCUT2D eigenvalue weighted by atomic mass is 10.2. The zero-order chi connectivity index (χ0) is 14.3. The molecule has 2 N–H and O–H groups in total. The van der Waals surface area contributed by atoms with Gasteiger partial charge in [0.15, 0.2) is 6.79 Å². The Bertz CT molecular complexity index is 147. The second-order valence-corrected chi connectivity index (χ2v) is 6.34. The van der Waals surface area contributed by atoms with Crippen molar-refractivity contribution in [2.45, 2.75) is 33.3 Å². The molecule has 0 radical (unpaired) electrons. The van der Waals surface area contributed by atoms with Crippen molar-refractivity contribution in [3.8, 4) is 0 Å². The highest BCUT2D eigenvalue weighted by Crippen LogP contribution is 2.24. The Balaban J connectivity index is 0. The first kappa shape index (κ1) is 20.8. The van der Waals surface area contributed by atoms with Crippen LogP contribution >= 0.6 is 21.6 Å². The summed E-state index contributed by atoms with van der Waals surface area (Å²) < 4.78 is 4.79. The standard InChI is InChI=1S/C6H14O2S2.C5H12O3/c1-6(2,8)5-10-9-4-3-7;1-3-6-5-8-7-4-2/h7-8H,3-5H2,1-2H3;3-5H2,1-2H3. The molecule has 7 heteroatoms. The van der Waals surface area contributed by atoms with Crippen LogP contribution in [0.1, 0.15) is 27.7 Å². The van der Waals surface area contributed by atoms with Gasteiger partial charge < -0.3 is 14.9 Å². The van der Waals surface area contributed by atoms with E-state index in [4.69, 9.17) is 9.84 Å². The molecule has 0 aromatic heterocycles. The third-order valence-electron chi connectivity index (χ3n) is 1.21. The Labute approximate surface area is 118 Å². The third-order valence-corrected chi connectivity index (χ3v) is 3.90. The van der Waals surface area contributed by atoms with Crippen LogP contribution < -0.4 is 0 Å². The molecule has 0 fully saturated rings. The van der Waals surface area contributed by atoms with E-state index in [1.165, 1.54) is 0 Å². The molecule has 0 spiro atoms. The zero-order valence-corrected chi connectivity index (χ0v) is 13.3. The quantitative estimate of drug-likeness (QED) is 0.210. The smallest absolute Gasteiger partial charge is 0.180 e. The Morgan fingerprint density at radius 1 is 1.06 bits per heavy atom. The summed E-state index contributed by atoms with van der Waals surface area (Å²) in [6.45, 7) is 8.97. The number of hydrogen-bond donors (Lipinski definition) is 2. The number of aliphatic hydroxyl groups is 2. The predicted octanol–water partition coefficient (Wildman–Crippen LogP) is 2.08. The normalized spacial score (nSPS) is 11.0. The van der Waals surface area contributed by atoms with Crippen molar-refractivity contribution in [3.63, 3.8) is 0 Å². The van der Waals surface area contributed by atoms with Gasteiger partial charge in [0, 0.05) is 18.1 Å². The summed E-state index contributed by atoms with van der Waals surface area (Å²) in [7, 11) is 3.18. The second-order valence-electron chi connectivity index (χ2n) is 3.76. The fourth-order valence-electron chi connectivity index (χ4n) is 0.517. The van der Waals surface area contributed by atoms with Gasteiger partial charge in [-0.3, -0.25) is 0 Å². The molecule has 0 rings (SSSR count). The largest absolute Gasteiger partial charge is 0.395 e. The molecule has 112 valence electrons. The molecule has 0 aliphatic rings. The Morgan fingerprint density at radius 2 is 1.72 bits per heavy atom. The monoisotopic (exact) mass is 302 g/mol. The first-order valence-electron chi connectivity index (χ1n) is 5.87. The van der Waals surface area contributed by atoms with Crippen molar-refractivity contribution in [1.82, 2.24) is 0 Å². The van der Waals surface area contributed by atoms with Crippen molar-refractivity contribution in [2.24, 2.45) is 0 Å². The van der Waals surface area contributed by atoms with E-state index in [2.05, 4.69) is 9.78 Å². The van der Waals surface area contributed by atoms with Crippen LogP contribution in [-0.4, -0.2) is 53.9 Å². The van der Waals surface area contributed by atoms with Gasteiger partial charge >= 0.3 is 0 Å². The van der Waals surface area contributed by atoms with E-state index < -0.39 is 5.60 Å². The molecule has 0 aromatic carbocycles. The van der Waals surface area contributed by atoms with Gasteiger partial charge in [-0.1, -0.05) is 21.6 Å². The molecule has 0 heterocycles. The van der Waals surface area contributed by atoms with Crippen LogP contribution in [0.25, 0.3) is 0 Å². The molecule has 0 amide bonds. The van der Waals surface area contributed by atoms with Crippen molar-refractivity contribution in [1.29, 1.82) is 0 Å². The van der Waals surface area contributed by atoms with Crippen LogP contribution in [0.5, 0.6) is 0 Å². The van der Waals surface area contributed by atoms with Crippen LogP contribution in [-0.2, 0) is 14.5 Å². The van der Waals surface area contributed by atoms with Gasteiger partial charge in [-0.05, 0) is 27.7 Å². The SMILES string of the molecule is CC(C)(O)CSSCCO.CCOCOOCC. The van der Waals surface area contributed by atoms with E-state index >= 15 is 0 Å². The maximum absolute atomic E-state index is 9.22. The minimum Gasteiger partial charge on any atom is -0.395 e. The van der Waals surface area contributed by atoms with E-state index in [1.807, 2.05) is 13.8 Å². The number of ether oxygens (including phenoxy) is 1. The molecule has 0 aliphatic carbocycles. The highest BCUT2D eigenvalue weighted by atomic mass is 33.1. The molecule has 0 unspecified atom stereocenters. The summed E-state index contributed by atoms with van der Waals surface area (Å²) in [5, 5.41) is 17.6. The Hall–Kier alpha value is 0.500. The molecule has 0 saturated heterocycles. The number of aliphatic hydroxyl groups excluding tert-OH is 1.